The number of amides is 2. The topological polar surface area (TPSA) is 54.5 Å². The molecule has 1 aliphatic heterocycles. The van der Waals surface area contributed by atoms with E-state index < -0.39 is 0 Å². The first-order valence-corrected chi connectivity index (χ1v) is 5.00. The normalized spacial score (nSPS) is 20.9. The maximum atomic E-state index is 11.7. The highest BCUT2D eigenvalue weighted by Crippen LogP contribution is 2.22. The molecule has 0 aromatic rings. The lowest BCUT2D eigenvalue weighted by molar-refractivity contribution is -0.138. The molecule has 0 saturated carbocycles. The van der Waals surface area contributed by atoms with Crippen molar-refractivity contribution in [2.24, 2.45) is 5.92 Å². The standard InChI is InChI=1S/C11H15NO3/c1-4-9-5-10(14)12(11(9)15)6-7(2)8(3)13/h9H,2,4-6H2,1,3H3. The van der Waals surface area contributed by atoms with Crippen LogP contribution in [0.5, 0.6) is 0 Å². The van der Waals surface area contributed by atoms with Crippen LogP contribution in [0.1, 0.15) is 26.7 Å². The first-order chi connectivity index (χ1) is 6.97. The van der Waals surface area contributed by atoms with Gasteiger partial charge in [0.2, 0.25) is 11.8 Å². The lowest BCUT2D eigenvalue weighted by atomic mass is 10.1. The highest BCUT2D eigenvalue weighted by Gasteiger charge is 2.37. The Bertz CT molecular complexity index is 333. The number of nitrogens with zero attached hydrogens (tertiary/aromatic N) is 1. The van der Waals surface area contributed by atoms with E-state index in [1.165, 1.54) is 6.92 Å². The van der Waals surface area contributed by atoms with Crippen LogP contribution in [0.4, 0.5) is 0 Å². The van der Waals surface area contributed by atoms with Crippen LogP contribution in [0, 0.1) is 5.92 Å². The molecule has 4 heteroatoms. The summed E-state index contributed by atoms with van der Waals surface area (Å²) in [7, 11) is 0. The van der Waals surface area contributed by atoms with Gasteiger partial charge in [-0.25, -0.2) is 0 Å². The Labute approximate surface area is 88.9 Å². The van der Waals surface area contributed by atoms with Crippen molar-refractivity contribution in [2.75, 3.05) is 6.54 Å². The number of ketones is 1. The van der Waals surface area contributed by atoms with Crippen LogP contribution in [-0.2, 0) is 14.4 Å². The summed E-state index contributed by atoms with van der Waals surface area (Å²) in [5.74, 6) is -0.771. The molecular weight excluding hydrogens is 194 g/mol. The molecular formula is C11H15NO3. The Morgan fingerprint density at radius 3 is 2.53 bits per heavy atom. The average molecular weight is 209 g/mol. The molecule has 0 spiro atoms. The average Bonchev–Trinajstić information content (AvgIpc) is 2.44. The van der Waals surface area contributed by atoms with Crippen molar-refractivity contribution in [3.63, 3.8) is 0 Å². The Morgan fingerprint density at radius 2 is 2.13 bits per heavy atom. The van der Waals surface area contributed by atoms with Gasteiger partial charge < -0.3 is 0 Å². The van der Waals surface area contributed by atoms with Crippen molar-refractivity contribution in [2.45, 2.75) is 26.7 Å². The molecule has 1 saturated heterocycles. The van der Waals surface area contributed by atoms with E-state index >= 15 is 0 Å². The molecule has 0 aliphatic carbocycles. The van der Waals surface area contributed by atoms with Gasteiger partial charge in [0.25, 0.3) is 0 Å². The summed E-state index contributed by atoms with van der Waals surface area (Å²) in [5.41, 5.74) is 0.299. The maximum absolute atomic E-state index is 11.7. The zero-order chi connectivity index (χ0) is 11.6. The molecule has 1 fully saturated rings. The highest BCUT2D eigenvalue weighted by molar-refractivity contribution is 6.05. The monoisotopic (exact) mass is 209 g/mol. The van der Waals surface area contributed by atoms with Gasteiger partial charge in [-0.1, -0.05) is 13.5 Å². The van der Waals surface area contributed by atoms with Gasteiger partial charge in [-0.2, -0.15) is 0 Å². The minimum absolute atomic E-state index is 0.0451. The number of imide groups is 1. The summed E-state index contributed by atoms with van der Waals surface area (Å²) in [6.45, 7) is 6.84. The summed E-state index contributed by atoms with van der Waals surface area (Å²) in [6.07, 6.45) is 0.925. The van der Waals surface area contributed by atoms with Crippen molar-refractivity contribution in [1.29, 1.82) is 0 Å². The molecule has 0 radical (unpaired) electrons. The van der Waals surface area contributed by atoms with Gasteiger partial charge in [0, 0.05) is 17.9 Å². The van der Waals surface area contributed by atoms with Crippen molar-refractivity contribution in [1.82, 2.24) is 4.90 Å². The van der Waals surface area contributed by atoms with Gasteiger partial charge in [0.05, 0.1) is 6.54 Å². The first kappa shape index (κ1) is 11.6. The van der Waals surface area contributed by atoms with Crippen LogP contribution in [-0.4, -0.2) is 29.0 Å². The Kier molecular flexibility index (Phi) is 3.39. The third kappa shape index (κ3) is 2.32. The van der Waals surface area contributed by atoms with Crippen LogP contribution in [0.15, 0.2) is 12.2 Å². The molecule has 1 heterocycles. The van der Waals surface area contributed by atoms with Crippen LogP contribution in [0.25, 0.3) is 0 Å². The zero-order valence-electron chi connectivity index (χ0n) is 9.08. The Hall–Kier alpha value is -1.45. The fourth-order valence-electron chi connectivity index (χ4n) is 1.54. The number of hydrogen-bond donors (Lipinski definition) is 0. The van der Waals surface area contributed by atoms with Crippen LogP contribution in [0.3, 0.4) is 0 Å². The molecule has 0 N–H and O–H groups in total. The van der Waals surface area contributed by atoms with Crippen LogP contribution < -0.4 is 0 Å². The van der Waals surface area contributed by atoms with E-state index in [9.17, 15) is 14.4 Å². The Morgan fingerprint density at radius 1 is 1.53 bits per heavy atom. The second-order valence-corrected chi connectivity index (χ2v) is 3.79. The molecule has 0 aromatic heterocycles. The van der Waals surface area contributed by atoms with E-state index in [1.54, 1.807) is 0 Å². The van der Waals surface area contributed by atoms with Crippen molar-refractivity contribution in [3.8, 4) is 0 Å². The fraction of sp³-hybridized carbons (Fsp3) is 0.545. The van der Waals surface area contributed by atoms with Crippen LogP contribution in [0.2, 0.25) is 0 Å². The minimum atomic E-state index is -0.211. The van der Waals surface area contributed by atoms with Gasteiger partial charge in [-0.15, -0.1) is 0 Å². The van der Waals surface area contributed by atoms with Gasteiger partial charge in [-0.3, -0.25) is 19.3 Å². The number of likely N-dealkylation sites (tertiary alicyclic amines) is 1. The number of rotatable bonds is 4. The van der Waals surface area contributed by atoms with Gasteiger partial charge in [0.1, 0.15) is 0 Å². The van der Waals surface area contributed by atoms with Gasteiger partial charge >= 0.3 is 0 Å². The van der Waals surface area contributed by atoms with E-state index in [-0.39, 0.29) is 36.5 Å². The molecule has 4 nitrogen and oxygen atoms in total. The zero-order valence-corrected chi connectivity index (χ0v) is 9.08. The SMILES string of the molecule is C=C(CN1C(=O)CC(CC)C1=O)C(C)=O. The van der Waals surface area contributed by atoms with E-state index in [4.69, 9.17) is 0 Å². The van der Waals surface area contributed by atoms with Crippen LogP contribution >= 0.6 is 0 Å². The van der Waals surface area contributed by atoms with Crippen molar-refractivity contribution in [3.05, 3.63) is 12.2 Å². The second kappa shape index (κ2) is 4.38. The molecule has 15 heavy (non-hydrogen) atoms. The first-order valence-electron chi connectivity index (χ1n) is 5.00. The lowest BCUT2D eigenvalue weighted by Crippen LogP contribution is -2.33. The molecule has 2 amide bonds. The number of hydrogen-bond acceptors (Lipinski definition) is 3. The third-order valence-corrected chi connectivity index (χ3v) is 2.68. The summed E-state index contributed by atoms with van der Waals surface area (Å²) in [4.78, 5) is 35.2. The van der Waals surface area contributed by atoms with E-state index in [0.717, 1.165) is 4.90 Å². The number of carbonyl (C=O) groups excluding carboxylic acids is 3. The van der Waals surface area contributed by atoms with E-state index in [1.807, 2.05) is 6.92 Å². The largest absolute Gasteiger partial charge is 0.295 e. The summed E-state index contributed by atoms with van der Waals surface area (Å²) < 4.78 is 0. The second-order valence-electron chi connectivity index (χ2n) is 3.79. The minimum Gasteiger partial charge on any atom is -0.295 e. The molecule has 1 rings (SSSR count). The third-order valence-electron chi connectivity index (χ3n) is 2.68. The van der Waals surface area contributed by atoms with Gasteiger partial charge in [-0.05, 0) is 13.3 Å². The van der Waals surface area contributed by atoms with Crippen molar-refractivity contribution < 1.29 is 14.4 Å². The molecule has 1 aliphatic rings. The molecule has 0 bridgehead atoms. The Balaban J connectivity index is 2.71. The highest BCUT2D eigenvalue weighted by atomic mass is 16.2. The predicted molar refractivity (Wildman–Crippen MR) is 54.9 cm³/mol. The quantitative estimate of drug-likeness (QED) is 0.511. The van der Waals surface area contributed by atoms with Gasteiger partial charge in [0.15, 0.2) is 5.78 Å². The molecule has 0 aromatic carbocycles. The summed E-state index contributed by atoms with van der Waals surface area (Å²) in [5, 5.41) is 0. The molecule has 1 unspecified atom stereocenters. The fourth-order valence-corrected chi connectivity index (χ4v) is 1.54. The van der Waals surface area contributed by atoms with Crippen molar-refractivity contribution >= 4 is 17.6 Å². The number of carbonyl (C=O) groups is 3. The summed E-state index contributed by atoms with van der Waals surface area (Å²) in [6, 6.07) is 0. The smallest absolute Gasteiger partial charge is 0.233 e. The lowest BCUT2D eigenvalue weighted by Gasteiger charge is -2.14. The maximum Gasteiger partial charge on any atom is 0.233 e. The van der Waals surface area contributed by atoms with E-state index in [2.05, 4.69) is 6.58 Å². The number of Topliss-reactive ketones (excluding diaryl/α,β-unsaturated/α-hetero) is 1. The van der Waals surface area contributed by atoms with E-state index in [0.29, 0.717) is 12.0 Å². The molecule has 82 valence electrons. The predicted octanol–water partition coefficient (Wildman–Crippen LogP) is 0.917. The summed E-state index contributed by atoms with van der Waals surface area (Å²) >= 11 is 0. The molecule has 1 atom stereocenters.